The third-order valence-corrected chi connectivity index (χ3v) is 7.16. The van der Waals surface area contributed by atoms with Crippen LogP contribution in [0.25, 0.3) is 10.2 Å². The van der Waals surface area contributed by atoms with Gasteiger partial charge < -0.3 is 5.32 Å². The van der Waals surface area contributed by atoms with Gasteiger partial charge in [0, 0.05) is 11.4 Å². The molecule has 2 aromatic carbocycles. The molecule has 0 aliphatic carbocycles. The number of anilines is 1. The number of hydrogen-bond donors (Lipinski definition) is 1. The number of nitrogens with one attached hydrogen (secondary N) is 1. The Bertz CT molecular complexity index is 1010. The van der Waals surface area contributed by atoms with E-state index in [0.29, 0.717) is 11.1 Å². The smallest absolute Gasteiger partial charge is 0.263 e. The summed E-state index contributed by atoms with van der Waals surface area (Å²) in [5, 5.41) is 3.21. The first-order valence-corrected chi connectivity index (χ1v) is 11.7. The molecule has 4 rings (SSSR count). The lowest BCUT2D eigenvalue weighted by molar-refractivity contribution is 0.0666. The molecule has 0 unspecified atom stereocenters. The summed E-state index contributed by atoms with van der Waals surface area (Å²) in [6.07, 6.45) is 5.05. The molecule has 0 saturated heterocycles. The van der Waals surface area contributed by atoms with E-state index in [-0.39, 0.29) is 18.5 Å². The zero-order chi connectivity index (χ0) is 20.2. The maximum atomic E-state index is 12.5. The number of thioether (sulfide) groups is 1. The highest BCUT2D eigenvalue weighted by Crippen LogP contribution is 2.32. The van der Waals surface area contributed by atoms with Gasteiger partial charge in [0.2, 0.25) is 0 Å². The molecule has 0 bridgehead atoms. The van der Waals surface area contributed by atoms with Crippen molar-refractivity contribution in [2.45, 2.75) is 36.9 Å². The number of benzene rings is 2. The van der Waals surface area contributed by atoms with Crippen LogP contribution in [0.3, 0.4) is 0 Å². The van der Waals surface area contributed by atoms with Gasteiger partial charge in [-0.2, -0.15) is 0 Å². The third kappa shape index (κ3) is 4.31. The summed E-state index contributed by atoms with van der Waals surface area (Å²) in [7, 11) is 0. The minimum atomic E-state index is -0.251. The van der Waals surface area contributed by atoms with E-state index in [1.54, 1.807) is 35.6 Å². The number of unbranched alkanes of at least 4 members (excludes halogenated alkanes) is 3. The number of carbonyl (C=O) groups is 2. The normalized spacial score (nSPS) is 13.3. The fourth-order valence-corrected chi connectivity index (χ4v) is 5.49. The predicted molar refractivity (Wildman–Crippen MR) is 120 cm³/mol. The van der Waals surface area contributed by atoms with Gasteiger partial charge in [-0.25, -0.2) is 4.98 Å². The summed E-state index contributed by atoms with van der Waals surface area (Å²) in [5.74, 6) is 0.600. The number of amides is 2. The molecule has 1 aliphatic rings. The molecule has 29 heavy (non-hydrogen) atoms. The standard InChI is InChI=1S/C22H23N3O2S2/c1-2-3-4-7-12-28-22-24-18-11-10-15(13-19(18)29-22)23-14-25-20(26)16-8-5-6-9-17(16)21(25)27/h5-6,8-11,13,23H,2-4,7,12,14H2,1H3. The highest BCUT2D eigenvalue weighted by molar-refractivity contribution is 8.01. The van der Waals surface area contributed by atoms with Gasteiger partial charge in [0.1, 0.15) is 0 Å². The highest BCUT2D eigenvalue weighted by Gasteiger charge is 2.34. The zero-order valence-electron chi connectivity index (χ0n) is 16.3. The van der Waals surface area contributed by atoms with Crippen molar-refractivity contribution < 1.29 is 9.59 Å². The summed E-state index contributed by atoms with van der Waals surface area (Å²) in [6.45, 7) is 2.37. The van der Waals surface area contributed by atoms with Crippen LogP contribution in [0, 0.1) is 0 Å². The quantitative estimate of drug-likeness (QED) is 0.273. The molecule has 1 N–H and O–H groups in total. The molecule has 1 aliphatic heterocycles. The second kappa shape index (κ2) is 8.97. The van der Waals surface area contributed by atoms with Crippen LogP contribution in [0.5, 0.6) is 0 Å². The Kier molecular flexibility index (Phi) is 6.16. The van der Waals surface area contributed by atoms with Gasteiger partial charge in [0.25, 0.3) is 11.8 Å². The predicted octanol–water partition coefficient (Wildman–Crippen LogP) is 5.63. The Labute approximate surface area is 178 Å². The van der Waals surface area contributed by atoms with Crippen molar-refractivity contribution in [1.29, 1.82) is 0 Å². The van der Waals surface area contributed by atoms with Gasteiger partial charge in [-0.3, -0.25) is 14.5 Å². The van der Waals surface area contributed by atoms with E-state index in [0.717, 1.165) is 26.0 Å². The lowest BCUT2D eigenvalue weighted by Gasteiger charge is -2.15. The number of fused-ring (bicyclic) bond motifs is 2. The van der Waals surface area contributed by atoms with E-state index in [1.165, 1.54) is 30.6 Å². The van der Waals surface area contributed by atoms with Gasteiger partial charge in [0.15, 0.2) is 4.34 Å². The zero-order valence-corrected chi connectivity index (χ0v) is 17.9. The van der Waals surface area contributed by atoms with E-state index in [2.05, 4.69) is 12.2 Å². The Morgan fingerprint density at radius 1 is 1.03 bits per heavy atom. The lowest BCUT2D eigenvalue weighted by Crippen LogP contribution is -2.34. The van der Waals surface area contributed by atoms with Crippen molar-refractivity contribution in [1.82, 2.24) is 9.88 Å². The molecular formula is C22H23N3O2S2. The maximum absolute atomic E-state index is 12.5. The van der Waals surface area contributed by atoms with Crippen molar-refractivity contribution in [2.75, 3.05) is 17.7 Å². The highest BCUT2D eigenvalue weighted by atomic mass is 32.2. The molecular weight excluding hydrogens is 402 g/mol. The molecule has 5 nitrogen and oxygen atoms in total. The number of nitrogens with zero attached hydrogens (tertiary/aromatic N) is 2. The summed E-state index contributed by atoms with van der Waals surface area (Å²) >= 11 is 3.51. The van der Waals surface area contributed by atoms with Crippen molar-refractivity contribution in [3.8, 4) is 0 Å². The van der Waals surface area contributed by atoms with Crippen molar-refractivity contribution in [3.05, 3.63) is 53.6 Å². The first kappa shape index (κ1) is 19.9. The van der Waals surface area contributed by atoms with E-state index in [9.17, 15) is 9.59 Å². The minimum Gasteiger partial charge on any atom is -0.367 e. The van der Waals surface area contributed by atoms with E-state index in [1.807, 2.05) is 30.0 Å². The molecule has 150 valence electrons. The monoisotopic (exact) mass is 425 g/mol. The average molecular weight is 426 g/mol. The van der Waals surface area contributed by atoms with Crippen molar-refractivity contribution in [2.24, 2.45) is 0 Å². The summed E-state index contributed by atoms with van der Waals surface area (Å²) in [5.41, 5.74) is 2.80. The molecule has 1 aromatic heterocycles. The van der Waals surface area contributed by atoms with Crippen LogP contribution in [0.4, 0.5) is 5.69 Å². The largest absolute Gasteiger partial charge is 0.367 e. The Balaban J connectivity index is 1.38. The van der Waals surface area contributed by atoms with Gasteiger partial charge >= 0.3 is 0 Å². The maximum Gasteiger partial charge on any atom is 0.263 e. The van der Waals surface area contributed by atoms with Crippen LogP contribution in [-0.2, 0) is 0 Å². The number of imide groups is 1. The van der Waals surface area contributed by atoms with Crippen LogP contribution in [-0.4, -0.2) is 34.1 Å². The molecule has 2 heterocycles. The molecule has 2 amide bonds. The number of carbonyl (C=O) groups excluding carboxylic acids is 2. The summed E-state index contributed by atoms with van der Waals surface area (Å²) in [6, 6.07) is 12.9. The fourth-order valence-electron chi connectivity index (χ4n) is 3.32. The van der Waals surface area contributed by atoms with Crippen LogP contribution in [0.15, 0.2) is 46.8 Å². The molecule has 7 heteroatoms. The van der Waals surface area contributed by atoms with E-state index in [4.69, 9.17) is 4.98 Å². The van der Waals surface area contributed by atoms with Crippen LogP contribution in [0.1, 0.15) is 53.3 Å². The molecule has 3 aromatic rings. The number of rotatable bonds is 9. The number of hydrogen-bond acceptors (Lipinski definition) is 6. The van der Waals surface area contributed by atoms with Crippen LogP contribution >= 0.6 is 23.1 Å². The number of aromatic nitrogens is 1. The second-order valence-corrected chi connectivity index (χ2v) is 9.36. The van der Waals surface area contributed by atoms with Gasteiger partial charge in [0.05, 0.1) is 28.0 Å². The first-order chi connectivity index (χ1) is 14.2. The summed E-state index contributed by atoms with van der Waals surface area (Å²) in [4.78, 5) is 30.9. The fraction of sp³-hybridized carbons (Fsp3) is 0.318. The Morgan fingerprint density at radius 3 is 2.52 bits per heavy atom. The van der Waals surface area contributed by atoms with Crippen LogP contribution in [0.2, 0.25) is 0 Å². The average Bonchev–Trinajstić information content (AvgIpc) is 3.25. The van der Waals surface area contributed by atoms with Gasteiger partial charge in [-0.1, -0.05) is 50.1 Å². The molecule has 0 saturated carbocycles. The topological polar surface area (TPSA) is 62.3 Å². The SMILES string of the molecule is CCCCCCSc1nc2ccc(NCN3C(=O)c4ccccc4C3=O)cc2s1. The van der Waals surface area contributed by atoms with Crippen molar-refractivity contribution >= 4 is 50.8 Å². The second-order valence-electron chi connectivity index (χ2n) is 6.99. The van der Waals surface area contributed by atoms with E-state index < -0.39 is 0 Å². The van der Waals surface area contributed by atoms with Crippen molar-refractivity contribution in [3.63, 3.8) is 0 Å². The molecule has 0 radical (unpaired) electrons. The third-order valence-electron chi connectivity index (χ3n) is 4.91. The molecule has 0 spiro atoms. The molecule has 0 fully saturated rings. The van der Waals surface area contributed by atoms with Crippen LogP contribution < -0.4 is 5.32 Å². The summed E-state index contributed by atoms with van der Waals surface area (Å²) < 4.78 is 2.20. The minimum absolute atomic E-state index is 0.149. The van der Waals surface area contributed by atoms with Gasteiger partial charge in [-0.05, 0) is 36.8 Å². The first-order valence-electron chi connectivity index (χ1n) is 9.90. The van der Waals surface area contributed by atoms with E-state index >= 15 is 0 Å². The number of thiazole rings is 1. The molecule has 0 atom stereocenters. The Morgan fingerprint density at radius 2 is 1.79 bits per heavy atom. The lowest BCUT2D eigenvalue weighted by atomic mass is 10.1. The van der Waals surface area contributed by atoms with Gasteiger partial charge in [-0.15, -0.1) is 11.3 Å². The Hall–Kier alpha value is -2.38.